The van der Waals surface area contributed by atoms with Crippen molar-refractivity contribution in [1.29, 1.82) is 0 Å². The van der Waals surface area contributed by atoms with Crippen LogP contribution in [-0.4, -0.2) is 81.7 Å². The van der Waals surface area contributed by atoms with Gasteiger partial charge in [-0.3, -0.25) is 14.3 Å². The molecule has 3 heterocycles. The van der Waals surface area contributed by atoms with Crippen LogP contribution < -0.4 is 0 Å². The number of halogens is 6. The lowest BCUT2D eigenvalue weighted by Gasteiger charge is -2.51. The van der Waals surface area contributed by atoms with Crippen molar-refractivity contribution in [1.82, 2.24) is 19.6 Å². The summed E-state index contributed by atoms with van der Waals surface area (Å²) in [6.45, 7) is 10.7. The monoisotopic (exact) mass is 816 g/mol. The number of esters is 1. The maximum Gasteiger partial charge on any atom is 0.416 e. The van der Waals surface area contributed by atoms with Gasteiger partial charge in [-0.2, -0.15) is 18.3 Å². The highest BCUT2D eigenvalue weighted by atomic mass is 19.4. The summed E-state index contributed by atoms with van der Waals surface area (Å²) in [5, 5.41) is 4.15. The predicted octanol–water partition coefficient (Wildman–Crippen LogP) is 8.50. The first kappa shape index (κ1) is 41.7. The van der Waals surface area contributed by atoms with E-state index in [1.807, 2.05) is 4.90 Å². The summed E-state index contributed by atoms with van der Waals surface area (Å²) in [5.74, 6) is -5.13. The van der Waals surface area contributed by atoms with Gasteiger partial charge in [0.05, 0.1) is 42.6 Å². The first-order valence-electron chi connectivity index (χ1n) is 19.8. The zero-order chi connectivity index (χ0) is 42.0. The third kappa shape index (κ3) is 8.79. The molecule has 2 saturated carbocycles. The Morgan fingerprint density at radius 3 is 2.26 bits per heavy atom. The molecule has 2 atom stereocenters. The highest BCUT2D eigenvalue weighted by Gasteiger charge is 2.60. The number of benzene rings is 2. The minimum atomic E-state index is -4.78. The van der Waals surface area contributed by atoms with Crippen LogP contribution in [0.5, 0.6) is 0 Å². The molecule has 2 saturated heterocycles. The number of likely N-dealkylation sites (tertiary alicyclic amines) is 2. The van der Waals surface area contributed by atoms with Crippen molar-refractivity contribution in [2.75, 3.05) is 32.8 Å². The molecule has 9 nitrogen and oxygen atoms in total. The van der Waals surface area contributed by atoms with Gasteiger partial charge < -0.3 is 19.3 Å². The van der Waals surface area contributed by atoms with Gasteiger partial charge in [0, 0.05) is 62.5 Å². The molecule has 2 aromatic carbocycles. The number of carbonyl (C=O) groups excluding carboxylic acids is 3. The first-order valence-corrected chi connectivity index (χ1v) is 19.8. The SMILES string of the molecule is CC(C)(C)OC(=O)c1c(COCC2CN(C(=O)c3cnn(Cc4ccc(F)cc4C(F)(F)F)c3)CC23CN(C(=O)[C@H]2CC2(C)C)C3)cccc1C1CCC(F)(F)CC1. The molecule has 3 aromatic rings. The van der Waals surface area contributed by atoms with Crippen LogP contribution in [0.1, 0.15) is 116 Å². The van der Waals surface area contributed by atoms with Gasteiger partial charge in [-0.1, -0.05) is 38.1 Å². The van der Waals surface area contributed by atoms with Crippen LogP contribution in [0.25, 0.3) is 0 Å². The normalized spacial score (nSPS) is 22.5. The summed E-state index contributed by atoms with van der Waals surface area (Å²) in [5.41, 5.74) is -0.974. The van der Waals surface area contributed by atoms with E-state index in [1.165, 1.54) is 17.1 Å². The standard InChI is InChI=1S/C43H50F6N4O5/c1-39(2,3)58-38(56)35-28(7-6-8-32(35)26-11-13-42(45,46)14-12-26)21-57-22-30-20-51(23-41(30)24-52(25-41)37(55)34-16-40(34,4)5)36(54)29-17-50-53(19-29)18-27-9-10-31(44)15-33(27)43(47,48)49/h6-10,15,17,19,26,30,34H,11-14,16,18,20-25H2,1-5H3/t30?,34-/m1/s1. The van der Waals surface area contributed by atoms with Crippen LogP contribution in [-0.2, 0) is 33.6 Å². The smallest absolute Gasteiger partial charge is 0.416 e. The Balaban J connectivity index is 1.08. The number of amides is 2. The topological polar surface area (TPSA) is 94.0 Å². The molecule has 314 valence electrons. The summed E-state index contributed by atoms with van der Waals surface area (Å²) < 4.78 is 96.3. The van der Waals surface area contributed by atoms with Crippen LogP contribution >= 0.6 is 0 Å². The first-order chi connectivity index (χ1) is 27.0. The Labute approximate surface area is 334 Å². The van der Waals surface area contributed by atoms with Gasteiger partial charge in [0.2, 0.25) is 11.8 Å². The zero-order valence-corrected chi connectivity index (χ0v) is 33.4. The van der Waals surface area contributed by atoms with Gasteiger partial charge in [-0.05, 0) is 80.2 Å². The summed E-state index contributed by atoms with van der Waals surface area (Å²) in [6, 6.07) is 7.78. The fourth-order valence-corrected chi connectivity index (χ4v) is 8.94. The van der Waals surface area contributed by atoms with E-state index in [2.05, 4.69) is 18.9 Å². The molecule has 1 unspecified atom stereocenters. The van der Waals surface area contributed by atoms with Crippen LogP contribution in [0.2, 0.25) is 0 Å². The Bertz CT molecular complexity index is 2060. The van der Waals surface area contributed by atoms with E-state index < -0.39 is 40.5 Å². The molecular formula is C43H50F6N4O5. The van der Waals surface area contributed by atoms with E-state index in [4.69, 9.17) is 9.47 Å². The van der Waals surface area contributed by atoms with Crippen molar-refractivity contribution in [2.24, 2.45) is 22.7 Å². The Hall–Kier alpha value is -4.40. The molecule has 15 heteroatoms. The molecule has 2 amide bonds. The Morgan fingerprint density at radius 2 is 1.62 bits per heavy atom. The third-order valence-electron chi connectivity index (χ3n) is 12.3. The molecule has 0 N–H and O–H groups in total. The average Bonchev–Trinajstić information content (AvgIpc) is 3.39. The number of ether oxygens (including phenoxy) is 2. The molecule has 2 aliphatic carbocycles. The molecule has 0 radical (unpaired) electrons. The molecule has 2 aliphatic heterocycles. The van der Waals surface area contributed by atoms with Crippen molar-refractivity contribution in [3.8, 4) is 0 Å². The summed E-state index contributed by atoms with van der Waals surface area (Å²) in [6.07, 6.45) is -1.39. The molecule has 4 aliphatic rings. The van der Waals surface area contributed by atoms with E-state index in [0.29, 0.717) is 42.4 Å². The van der Waals surface area contributed by atoms with E-state index >= 15 is 0 Å². The molecule has 1 aromatic heterocycles. The van der Waals surface area contributed by atoms with E-state index in [0.717, 1.165) is 18.6 Å². The van der Waals surface area contributed by atoms with Gasteiger partial charge in [0.15, 0.2) is 0 Å². The highest BCUT2D eigenvalue weighted by molar-refractivity contribution is 5.94. The highest BCUT2D eigenvalue weighted by Crippen LogP contribution is 2.55. The lowest BCUT2D eigenvalue weighted by atomic mass is 9.71. The number of alkyl halides is 5. The van der Waals surface area contributed by atoms with Crippen LogP contribution in [0.4, 0.5) is 26.3 Å². The zero-order valence-electron chi connectivity index (χ0n) is 33.4. The second-order valence-electron chi connectivity index (χ2n) is 18.4. The fraction of sp³-hybridized carbons (Fsp3) is 0.581. The summed E-state index contributed by atoms with van der Waals surface area (Å²) >= 11 is 0. The lowest BCUT2D eigenvalue weighted by molar-refractivity contribution is -0.148. The average molecular weight is 817 g/mol. The minimum Gasteiger partial charge on any atom is -0.456 e. The largest absolute Gasteiger partial charge is 0.456 e. The maximum absolute atomic E-state index is 14.1. The summed E-state index contributed by atoms with van der Waals surface area (Å²) in [7, 11) is 0. The molecule has 0 bridgehead atoms. The van der Waals surface area contributed by atoms with Gasteiger partial charge >= 0.3 is 12.1 Å². The minimum absolute atomic E-state index is 0.0147. The number of aromatic nitrogens is 2. The van der Waals surface area contributed by atoms with Gasteiger partial charge in [0.25, 0.3) is 5.91 Å². The second-order valence-corrected chi connectivity index (χ2v) is 18.4. The summed E-state index contributed by atoms with van der Waals surface area (Å²) in [4.78, 5) is 44.5. The molecular weight excluding hydrogens is 766 g/mol. The van der Waals surface area contributed by atoms with Crippen molar-refractivity contribution < 1.29 is 50.2 Å². The van der Waals surface area contributed by atoms with Crippen molar-refractivity contribution >= 4 is 17.8 Å². The number of carbonyl (C=O) groups is 3. The molecule has 1 spiro atoms. The Morgan fingerprint density at radius 1 is 0.948 bits per heavy atom. The van der Waals surface area contributed by atoms with Crippen LogP contribution in [0, 0.1) is 28.5 Å². The number of hydrogen-bond donors (Lipinski definition) is 0. The molecule has 7 rings (SSSR count). The van der Waals surface area contributed by atoms with E-state index in [-0.39, 0.29) is 98.1 Å². The number of nitrogens with zero attached hydrogens (tertiary/aromatic N) is 4. The van der Waals surface area contributed by atoms with Crippen molar-refractivity contribution in [3.63, 3.8) is 0 Å². The van der Waals surface area contributed by atoms with Crippen LogP contribution in [0.3, 0.4) is 0 Å². The van der Waals surface area contributed by atoms with E-state index in [1.54, 1.807) is 43.9 Å². The second kappa shape index (κ2) is 15.0. The van der Waals surface area contributed by atoms with Gasteiger partial charge in [-0.25, -0.2) is 18.0 Å². The van der Waals surface area contributed by atoms with Crippen LogP contribution in [0.15, 0.2) is 48.8 Å². The predicted molar refractivity (Wildman–Crippen MR) is 200 cm³/mol. The lowest BCUT2D eigenvalue weighted by Crippen LogP contribution is -2.63. The molecule has 4 fully saturated rings. The molecule has 58 heavy (non-hydrogen) atoms. The van der Waals surface area contributed by atoms with Crippen molar-refractivity contribution in [2.45, 2.75) is 103 Å². The van der Waals surface area contributed by atoms with Crippen molar-refractivity contribution in [3.05, 3.63) is 88.0 Å². The number of rotatable bonds is 10. The van der Waals surface area contributed by atoms with Gasteiger partial charge in [-0.15, -0.1) is 0 Å². The Kier molecular flexibility index (Phi) is 10.8. The van der Waals surface area contributed by atoms with Gasteiger partial charge in [0.1, 0.15) is 11.4 Å². The fourth-order valence-electron chi connectivity index (χ4n) is 8.94. The third-order valence-corrected chi connectivity index (χ3v) is 12.3. The maximum atomic E-state index is 14.1. The van der Waals surface area contributed by atoms with E-state index in [9.17, 15) is 40.7 Å². The number of hydrogen-bond acceptors (Lipinski definition) is 6. The quantitative estimate of drug-likeness (QED) is 0.151.